The minimum Gasteiger partial charge on any atom is -0.225 e. The maximum absolute atomic E-state index is 5.77. The third-order valence-corrected chi connectivity index (χ3v) is 2.58. The molecule has 0 spiro atoms. The van der Waals surface area contributed by atoms with Crippen molar-refractivity contribution in [2.75, 3.05) is 0 Å². The first-order chi connectivity index (χ1) is 5.11. The highest BCUT2D eigenvalue weighted by Crippen LogP contribution is 2.13. The minimum atomic E-state index is 0.0206. The molecule has 0 aromatic carbocycles. The molecule has 0 saturated carbocycles. The van der Waals surface area contributed by atoms with E-state index in [0.29, 0.717) is 10.3 Å². The monoisotopic (exact) mass is 315 g/mol. The van der Waals surface area contributed by atoms with Crippen LogP contribution < -0.4 is 5.46 Å². The molecule has 1 aromatic heterocycles. The molecule has 58 valence electrons. The maximum atomic E-state index is 5.77. The Kier molecular flexibility index (Phi) is 3.69. The van der Waals surface area contributed by atoms with Gasteiger partial charge in [0.1, 0.15) is 10.3 Å². The summed E-state index contributed by atoms with van der Waals surface area (Å²) in [7, 11) is 0. The van der Waals surface area contributed by atoms with Crippen molar-refractivity contribution in [3.8, 4) is 0 Å². The Morgan fingerprint density at radius 1 is 1.27 bits per heavy atom. The molecule has 1 rings (SSSR count). The van der Waals surface area contributed by atoms with E-state index in [9.17, 15) is 0 Å². The first kappa shape index (κ1) is 9.84. The SMILES string of the molecule is Clc1ccc(B(Br)Br)c(Cl)n1. The summed E-state index contributed by atoms with van der Waals surface area (Å²) in [6, 6.07) is 3.50. The fraction of sp³-hybridized carbons (Fsp3) is 0. The van der Waals surface area contributed by atoms with Gasteiger partial charge >= 0.3 is 4.36 Å². The number of hydrogen-bond donors (Lipinski definition) is 0. The van der Waals surface area contributed by atoms with E-state index in [4.69, 9.17) is 23.2 Å². The highest BCUT2D eigenvalue weighted by atomic mass is 79.9. The number of aromatic nitrogens is 1. The predicted molar refractivity (Wildman–Crippen MR) is 57.5 cm³/mol. The van der Waals surface area contributed by atoms with Crippen molar-refractivity contribution in [3.63, 3.8) is 0 Å². The molecule has 0 N–H and O–H groups in total. The van der Waals surface area contributed by atoms with E-state index < -0.39 is 0 Å². The molecule has 1 heterocycles. The van der Waals surface area contributed by atoms with Crippen LogP contribution in [0.25, 0.3) is 0 Å². The van der Waals surface area contributed by atoms with Crippen molar-refractivity contribution in [1.29, 1.82) is 0 Å². The largest absolute Gasteiger partial charge is 0.332 e. The predicted octanol–water partition coefficient (Wildman–Crippen LogP) is 2.87. The average Bonchev–Trinajstić information content (AvgIpc) is 1.85. The van der Waals surface area contributed by atoms with Gasteiger partial charge in [0.05, 0.1) is 0 Å². The third kappa shape index (κ3) is 2.62. The maximum Gasteiger partial charge on any atom is 0.332 e. The van der Waals surface area contributed by atoms with Gasteiger partial charge in [-0.15, -0.1) is 31.5 Å². The van der Waals surface area contributed by atoms with Gasteiger partial charge in [-0.2, -0.15) is 0 Å². The van der Waals surface area contributed by atoms with Gasteiger partial charge in [-0.05, 0) is 11.5 Å². The normalized spacial score (nSPS) is 9.82. The second-order valence-electron chi connectivity index (χ2n) is 1.81. The average molecular weight is 318 g/mol. The van der Waals surface area contributed by atoms with Crippen LogP contribution in [0.1, 0.15) is 0 Å². The quantitative estimate of drug-likeness (QED) is 0.573. The third-order valence-electron chi connectivity index (χ3n) is 1.08. The molecule has 0 saturated heterocycles. The summed E-state index contributed by atoms with van der Waals surface area (Å²) in [4.78, 5) is 3.87. The van der Waals surface area contributed by atoms with E-state index in [0.717, 1.165) is 5.46 Å². The molecule has 0 bridgehead atoms. The van der Waals surface area contributed by atoms with Gasteiger partial charge < -0.3 is 0 Å². The summed E-state index contributed by atoms with van der Waals surface area (Å²) >= 11 is 18.0. The zero-order valence-corrected chi connectivity index (χ0v) is 9.87. The van der Waals surface area contributed by atoms with E-state index in [1.165, 1.54) is 0 Å². The summed E-state index contributed by atoms with van der Waals surface area (Å²) in [5.41, 5.74) is 0.871. The lowest BCUT2D eigenvalue weighted by Crippen LogP contribution is -2.19. The summed E-state index contributed by atoms with van der Waals surface area (Å²) in [5.74, 6) is 0. The molecule has 0 aliphatic carbocycles. The van der Waals surface area contributed by atoms with Crippen LogP contribution >= 0.6 is 54.7 Å². The fourth-order valence-electron chi connectivity index (χ4n) is 0.586. The number of nitrogens with zero attached hydrogens (tertiary/aromatic N) is 1. The Morgan fingerprint density at radius 2 is 1.91 bits per heavy atom. The van der Waals surface area contributed by atoms with Gasteiger partial charge in [0.15, 0.2) is 0 Å². The summed E-state index contributed by atoms with van der Waals surface area (Å²) in [5, 5.41) is 0.815. The Bertz CT molecular complexity index is 269. The second-order valence-corrected chi connectivity index (χ2v) is 5.62. The Hall–Kier alpha value is 0.755. The topological polar surface area (TPSA) is 12.9 Å². The molecule has 0 fully saturated rings. The Morgan fingerprint density at radius 3 is 2.36 bits per heavy atom. The first-order valence-electron chi connectivity index (χ1n) is 2.71. The molecule has 11 heavy (non-hydrogen) atoms. The van der Waals surface area contributed by atoms with Crippen LogP contribution in [0.5, 0.6) is 0 Å². The van der Waals surface area contributed by atoms with E-state index in [-0.39, 0.29) is 4.36 Å². The standard InChI is InChI=1S/C5H2BBr2Cl2N/c7-6(8)3-1-2-4(9)11-5(3)10/h1-2H. The number of hydrogen-bond acceptors (Lipinski definition) is 1. The zero-order chi connectivity index (χ0) is 8.43. The molecular weight excluding hydrogens is 316 g/mol. The van der Waals surface area contributed by atoms with Crippen LogP contribution in [0.3, 0.4) is 0 Å². The summed E-state index contributed by atoms with van der Waals surface area (Å²) in [6.45, 7) is 0. The van der Waals surface area contributed by atoms with E-state index in [1.807, 2.05) is 6.07 Å². The molecule has 0 amide bonds. The van der Waals surface area contributed by atoms with Gasteiger partial charge in [-0.1, -0.05) is 29.3 Å². The Labute approximate surface area is 91.5 Å². The van der Waals surface area contributed by atoms with Crippen LogP contribution in [-0.2, 0) is 0 Å². The molecule has 0 unspecified atom stereocenters. The van der Waals surface area contributed by atoms with Crippen LogP contribution in [0.15, 0.2) is 12.1 Å². The van der Waals surface area contributed by atoms with Crippen LogP contribution in [0, 0.1) is 0 Å². The van der Waals surface area contributed by atoms with Crippen molar-refractivity contribution in [2.24, 2.45) is 0 Å². The molecule has 0 radical (unpaired) electrons. The number of halogens is 4. The lowest BCUT2D eigenvalue weighted by atomic mass is 9.98. The van der Waals surface area contributed by atoms with E-state index in [1.54, 1.807) is 6.07 Å². The molecule has 6 heteroatoms. The van der Waals surface area contributed by atoms with Crippen molar-refractivity contribution < 1.29 is 0 Å². The zero-order valence-electron chi connectivity index (χ0n) is 5.19. The van der Waals surface area contributed by atoms with Gasteiger partial charge in [0, 0.05) is 0 Å². The van der Waals surface area contributed by atoms with E-state index >= 15 is 0 Å². The highest BCUT2D eigenvalue weighted by Gasteiger charge is 2.12. The van der Waals surface area contributed by atoms with Gasteiger partial charge in [0.25, 0.3) is 0 Å². The van der Waals surface area contributed by atoms with Gasteiger partial charge in [-0.25, -0.2) is 4.98 Å². The lowest BCUT2D eigenvalue weighted by Gasteiger charge is -2.00. The van der Waals surface area contributed by atoms with Crippen LogP contribution in [0.2, 0.25) is 10.3 Å². The first-order valence-corrected chi connectivity index (χ1v) is 5.30. The van der Waals surface area contributed by atoms with Gasteiger partial charge in [0.2, 0.25) is 0 Å². The van der Waals surface area contributed by atoms with Crippen molar-refractivity contribution >= 4 is 64.5 Å². The van der Waals surface area contributed by atoms with Crippen molar-refractivity contribution in [1.82, 2.24) is 4.98 Å². The van der Waals surface area contributed by atoms with Crippen molar-refractivity contribution in [3.05, 3.63) is 22.4 Å². The minimum absolute atomic E-state index is 0.0206. The summed E-state index contributed by atoms with van der Waals surface area (Å²) in [6.07, 6.45) is 0. The summed E-state index contributed by atoms with van der Waals surface area (Å²) < 4.78 is 0.0206. The highest BCUT2D eigenvalue weighted by molar-refractivity contribution is 9.49. The molecule has 0 aliphatic rings. The Balaban J connectivity index is 3.09. The molecule has 0 atom stereocenters. The lowest BCUT2D eigenvalue weighted by molar-refractivity contribution is 1.35. The van der Waals surface area contributed by atoms with Crippen LogP contribution in [0.4, 0.5) is 0 Å². The van der Waals surface area contributed by atoms with E-state index in [2.05, 4.69) is 36.5 Å². The molecule has 0 aliphatic heterocycles. The van der Waals surface area contributed by atoms with Crippen molar-refractivity contribution in [2.45, 2.75) is 0 Å². The molecule has 1 nitrogen and oxygen atoms in total. The number of pyridine rings is 1. The van der Waals surface area contributed by atoms with Crippen LogP contribution in [-0.4, -0.2) is 9.34 Å². The molecule has 1 aromatic rings. The smallest absolute Gasteiger partial charge is 0.225 e. The fourth-order valence-corrected chi connectivity index (χ4v) is 2.04. The number of rotatable bonds is 1. The van der Waals surface area contributed by atoms with Gasteiger partial charge in [-0.3, -0.25) is 0 Å². The second kappa shape index (κ2) is 4.12. The molecular formula is C5H2BBr2Cl2N.